The van der Waals surface area contributed by atoms with Crippen molar-refractivity contribution in [3.63, 3.8) is 0 Å². The average molecular weight is 268 g/mol. The fourth-order valence-corrected chi connectivity index (χ4v) is 2.69. The van der Waals surface area contributed by atoms with E-state index in [1.807, 2.05) is 13.1 Å². The maximum atomic E-state index is 6.13. The van der Waals surface area contributed by atoms with Crippen LogP contribution in [-0.4, -0.2) is 7.05 Å². The molecule has 102 valence electrons. The summed E-state index contributed by atoms with van der Waals surface area (Å²) in [5, 5.41) is 4.25. The minimum Gasteiger partial charge on any atom is -0.313 e. The standard InChI is InChI=1S/C16H26ClN/c1-4-5-6-7-8-9-16(18-3)14-10-13(2)11-15(17)12-14/h10-12,16,18H,4-9H2,1-3H3. The second-order valence-corrected chi connectivity index (χ2v) is 5.54. The summed E-state index contributed by atoms with van der Waals surface area (Å²) < 4.78 is 0. The molecule has 1 unspecified atom stereocenters. The lowest BCUT2D eigenvalue weighted by atomic mass is 9.98. The summed E-state index contributed by atoms with van der Waals surface area (Å²) in [5.41, 5.74) is 2.56. The van der Waals surface area contributed by atoms with Gasteiger partial charge in [0.1, 0.15) is 0 Å². The SMILES string of the molecule is CCCCCCCC(NC)c1cc(C)cc(Cl)c1. The third-order valence-corrected chi connectivity index (χ3v) is 3.63. The van der Waals surface area contributed by atoms with Crippen molar-refractivity contribution in [3.8, 4) is 0 Å². The molecule has 0 aliphatic heterocycles. The highest BCUT2D eigenvalue weighted by Gasteiger charge is 2.09. The van der Waals surface area contributed by atoms with Gasteiger partial charge in [-0.05, 0) is 43.7 Å². The first kappa shape index (κ1) is 15.5. The van der Waals surface area contributed by atoms with Gasteiger partial charge in [-0.15, -0.1) is 0 Å². The number of unbranched alkanes of at least 4 members (excludes halogenated alkanes) is 4. The Balaban J connectivity index is 2.49. The smallest absolute Gasteiger partial charge is 0.0411 e. The number of halogens is 1. The van der Waals surface area contributed by atoms with Crippen molar-refractivity contribution in [1.29, 1.82) is 0 Å². The summed E-state index contributed by atoms with van der Waals surface area (Å²) in [5.74, 6) is 0. The van der Waals surface area contributed by atoms with Crippen LogP contribution in [-0.2, 0) is 0 Å². The lowest BCUT2D eigenvalue weighted by Gasteiger charge is -2.17. The molecular weight excluding hydrogens is 242 g/mol. The summed E-state index contributed by atoms with van der Waals surface area (Å²) >= 11 is 6.13. The Hall–Kier alpha value is -0.530. The molecule has 1 nitrogen and oxygen atoms in total. The Morgan fingerprint density at radius 1 is 1.11 bits per heavy atom. The molecule has 0 aromatic heterocycles. The zero-order chi connectivity index (χ0) is 13.4. The molecule has 1 N–H and O–H groups in total. The number of hydrogen-bond acceptors (Lipinski definition) is 1. The van der Waals surface area contributed by atoms with Gasteiger partial charge in [0.25, 0.3) is 0 Å². The Morgan fingerprint density at radius 3 is 2.44 bits per heavy atom. The Kier molecular flexibility index (Phi) is 7.38. The molecule has 1 atom stereocenters. The highest BCUT2D eigenvalue weighted by atomic mass is 35.5. The predicted molar refractivity (Wildman–Crippen MR) is 81.4 cm³/mol. The molecule has 2 heteroatoms. The fourth-order valence-electron chi connectivity index (χ4n) is 2.40. The number of hydrogen-bond donors (Lipinski definition) is 1. The van der Waals surface area contributed by atoms with Gasteiger partial charge < -0.3 is 5.32 Å². The van der Waals surface area contributed by atoms with Crippen LogP contribution in [0.1, 0.15) is 62.6 Å². The average Bonchev–Trinajstić information content (AvgIpc) is 2.32. The van der Waals surface area contributed by atoms with Gasteiger partial charge >= 0.3 is 0 Å². The number of aryl methyl sites for hydroxylation is 1. The van der Waals surface area contributed by atoms with Gasteiger partial charge in [0.2, 0.25) is 0 Å². The van der Waals surface area contributed by atoms with Gasteiger partial charge in [-0.25, -0.2) is 0 Å². The van der Waals surface area contributed by atoms with Crippen molar-refractivity contribution in [2.75, 3.05) is 7.05 Å². The molecule has 1 aromatic rings. The van der Waals surface area contributed by atoms with E-state index >= 15 is 0 Å². The Bertz CT molecular complexity index is 329. The van der Waals surface area contributed by atoms with E-state index < -0.39 is 0 Å². The molecule has 0 saturated carbocycles. The van der Waals surface area contributed by atoms with Crippen LogP contribution in [0.3, 0.4) is 0 Å². The van der Waals surface area contributed by atoms with E-state index in [0.29, 0.717) is 6.04 Å². The molecule has 0 spiro atoms. The first-order valence-corrected chi connectivity index (χ1v) is 7.49. The van der Waals surface area contributed by atoms with E-state index in [1.54, 1.807) is 0 Å². The normalized spacial score (nSPS) is 12.7. The summed E-state index contributed by atoms with van der Waals surface area (Å²) in [6, 6.07) is 6.77. The van der Waals surface area contributed by atoms with Gasteiger partial charge in [0.05, 0.1) is 0 Å². The van der Waals surface area contributed by atoms with Gasteiger partial charge in [0.15, 0.2) is 0 Å². The van der Waals surface area contributed by atoms with Gasteiger partial charge in [-0.3, -0.25) is 0 Å². The summed E-state index contributed by atoms with van der Waals surface area (Å²) in [4.78, 5) is 0. The molecule has 0 radical (unpaired) electrons. The lowest BCUT2D eigenvalue weighted by molar-refractivity contribution is 0.500. The Labute approximate surface area is 117 Å². The van der Waals surface area contributed by atoms with Gasteiger partial charge in [0, 0.05) is 11.1 Å². The van der Waals surface area contributed by atoms with Crippen molar-refractivity contribution < 1.29 is 0 Å². The topological polar surface area (TPSA) is 12.0 Å². The molecule has 18 heavy (non-hydrogen) atoms. The zero-order valence-corrected chi connectivity index (χ0v) is 12.7. The van der Waals surface area contributed by atoms with Crippen LogP contribution in [0.15, 0.2) is 18.2 Å². The number of benzene rings is 1. The number of nitrogens with one attached hydrogen (secondary N) is 1. The number of rotatable bonds is 8. The second kappa shape index (κ2) is 8.55. The molecule has 1 aromatic carbocycles. The summed E-state index contributed by atoms with van der Waals surface area (Å²) in [7, 11) is 2.03. The van der Waals surface area contributed by atoms with Crippen molar-refractivity contribution in [1.82, 2.24) is 5.32 Å². The van der Waals surface area contributed by atoms with E-state index in [1.165, 1.54) is 49.7 Å². The maximum absolute atomic E-state index is 6.13. The molecule has 1 rings (SSSR count). The first-order valence-electron chi connectivity index (χ1n) is 7.11. The molecule has 0 aliphatic carbocycles. The predicted octanol–water partition coefficient (Wildman–Crippen LogP) is 5.27. The van der Waals surface area contributed by atoms with E-state index in [0.717, 1.165) is 5.02 Å². The lowest BCUT2D eigenvalue weighted by Crippen LogP contribution is -2.16. The maximum Gasteiger partial charge on any atom is 0.0411 e. The van der Waals surface area contributed by atoms with Crippen LogP contribution in [0.2, 0.25) is 5.02 Å². The largest absolute Gasteiger partial charge is 0.313 e. The summed E-state index contributed by atoms with van der Waals surface area (Å²) in [6.45, 7) is 4.36. The molecule has 0 amide bonds. The highest BCUT2D eigenvalue weighted by Crippen LogP contribution is 2.24. The van der Waals surface area contributed by atoms with Crippen molar-refractivity contribution in [2.45, 2.75) is 58.4 Å². The molecule has 0 fully saturated rings. The van der Waals surface area contributed by atoms with Crippen molar-refractivity contribution in [3.05, 3.63) is 34.3 Å². The first-order chi connectivity index (χ1) is 8.67. The monoisotopic (exact) mass is 267 g/mol. The quantitative estimate of drug-likeness (QED) is 0.633. The van der Waals surface area contributed by atoms with E-state index in [2.05, 4.69) is 31.3 Å². The third kappa shape index (κ3) is 5.41. The van der Waals surface area contributed by atoms with Crippen LogP contribution in [0.5, 0.6) is 0 Å². The Morgan fingerprint density at radius 2 is 1.83 bits per heavy atom. The van der Waals surface area contributed by atoms with E-state index in [9.17, 15) is 0 Å². The molecular formula is C16H26ClN. The minimum absolute atomic E-state index is 0.434. The minimum atomic E-state index is 0.434. The van der Waals surface area contributed by atoms with Crippen LogP contribution in [0.25, 0.3) is 0 Å². The molecule has 0 aliphatic rings. The summed E-state index contributed by atoms with van der Waals surface area (Å²) in [6.07, 6.45) is 7.85. The van der Waals surface area contributed by atoms with E-state index in [-0.39, 0.29) is 0 Å². The van der Waals surface area contributed by atoms with Gasteiger partial charge in [-0.2, -0.15) is 0 Å². The zero-order valence-electron chi connectivity index (χ0n) is 11.9. The van der Waals surface area contributed by atoms with Crippen LogP contribution in [0.4, 0.5) is 0 Å². The molecule has 0 heterocycles. The van der Waals surface area contributed by atoms with E-state index in [4.69, 9.17) is 11.6 Å². The van der Waals surface area contributed by atoms with Crippen LogP contribution in [0, 0.1) is 6.92 Å². The molecule has 0 saturated heterocycles. The van der Waals surface area contributed by atoms with Crippen LogP contribution < -0.4 is 5.32 Å². The van der Waals surface area contributed by atoms with Crippen molar-refractivity contribution in [2.24, 2.45) is 0 Å². The van der Waals surface area contributed by atoms with Crippen molar-refractivity contribution >= 4 is 11.6 Å². The third-order valence-electron chi connectivity index (χ3n) is 3.41. The fraction of sp³-hybridized carbons (Fsp3) is 0.625. The highest BCUT2D eigenvalue weighted by molar-refractivity contribution is 6.30. The second-order valence-electron chi connectivity index (χ2n) is 5.11. The van der Waals surface area contributed by atoms with Crippen LogP contribution >= 0.6 is 11.6 Å². The van der Waals surface area contributed by atoms with Gasteiger partial charge in [-0.1, -0.05) is 56.7 Å². The molecule has 0 bridgehead atoms.